The lowest BCUT2D eigenvalue weighted by molar-refractivity contribution is 0.571. The minimum Gasteiger partial charge on any atom is -0.324 e. The van der Waals surface area contributed by atoms with Crippen molar-refractivity contribution in [2.45, 2.75) is 50.1 Å². The van der Waals surface area contributed by atoms with Crippen LogP contribution in [0.15, 0.2) is 64.8 Å². The van der Waals surface area contributed by atoms with E-state index in [-0.39, 0.29) is 5.56 Å². The molecule has 0 fully saturated rings. The predicted molar refractivity (Wildman–Crippen MR) is 129 cm³/mol. The molecule has 166 valence electrons. The van der Waals surface area contributed by atoms with E-state index in [1.165, 1.54) is 4.68 Å². The summed E-state index contributed by atoms with van der Waals surface area (Å²) in [6.07, 6.45) is 8.30. The van der Waals surface area contributed by atoms with Crippen molar-refractivity contribution in [1.29, 1.82) is 0 Å². The van der Waals surface area contributed by atoms with Crippen LogP contribution in [0.2, 0.25) is 0 Å². The van der Waals surface area contributed by atoms with Crippen molar-refractivity contribution in [1.82, 2.24) is 28.7 Å². The van der Waals surface area contributed by atoms with Crippen LogP contribution >= 0.6 is 11.8 Å². The molecule has 3 aliphatic rings. The topological polar surface area (TPSA) is 70.0 Å². The molecule has 0 atom stereocenters. The van der Waals surface area contributed by atoms with Crippen LogP contribution in [0, 0.1) is 6.92 Å². The molecule has 33 heavy (non-hydrogen) atoms. The van der Waals surface area contributed by atoms with Crippen LogP contribution in [0.25, 0.3) is 22.7 Å². The number of nitrogens with zero attached hydrogens (tertiary/aromatic N) is 6. The molecule has 1 aromatic carbocycles. The molecule has 0 N–H and O–H groups in total. The Bertz CT molecular complexity index is 1480. The fourth-order valence-corrected chi connectivity index (χ4v) is 5.54. The second kappa shape index (κ2) is 8.19. The minimum absolute atomic E-state index is 0.0817. The van der Waals surface area contributed by atoms with Crippen LogP contribution in [0.3, 0.4) is 0 Å². The van der Waals surface area contributed by atoms with Gasteiger partial charge in [0.1, 0.15) is 11.2 Å². The smallest absolute Gasteiger partial charge is 0.284 e. The maximum absolute atomic E-state index is 13.4. The maximum atomic E-state index is 13.4. The van der Waals surface area contributed by atoms with Crippen molar-refractivity contribution in [3.05, 3.63) is 82.2 Å². The highest BCUT2D eigenvalue weighted by atomic mass is 32.2. The van der Waals surface area contributed by atoms with Crippen LogP contribution in [0.4, 0.5) is 0 Å². The van der Waals surface area contributed by atoms with E-state index in [0.29, 0.717) is 17.1 Å². The van der Waals surface area contributed by atoms with Gasteiger partial charge in [0.05, 0.1) is 11.4 Å². The SMILES string of the molecule is Cc1cccn2cc(CSc3nc4nn(-c5ccccc5)c(=O)c-4c4n3CCCCC4)nc12. The Morgan fingerprint density at radius 3 is 2.76 bits per heavy atom. The van der Waals surface area contributed by atoms with Crippen LogP contribution < -0.4 is 5.56 Å². The van der Waals surface area contributed by atoms with Crippen LogP contribution in [0.5, 0.6) is 0 Å². The molecule has 7 nitrogen and oxygen atoms in total. The molecule has 0 unspecified atom stereocenters. The summed E-state index contributed by atoms with van der Waals surface area (Å²) in [5.74, 6) is 1.24. The van der Waals surface area contributed by atoms with Gasteiger partial charge in [-0.15, -0.1) is 5.10 Å². The van der Waals surface area contributed by atoms with E-state index >= 15 is 0 Å². The van der Waals surface area contributed by atoms with Gasteiger partial charge in [-0.1, -0.05) is 42.4 Å². The summed E-state index contributed by atoms with van der Waals surface area (Å²) in [5.41, 5.74) is 5.57. The highest BCUT2D eigenvalue weighted by Gasteiger charge is 2.27. The van der Waals surface area contributed by atoms with Gasteiger partial charge in [0.15, 0.2) is 11.0 Å². The van der Waals surface area contributed by atoms with Crippen molar-refractivity contribution in [2.24, 2.45) is 0 Å². The van der Waals surface area contributed by atoms with E-state index < -0.39 is 0 Å². The first-order valence-electron chi connectivity index (χ1n) is 11.3. The van der Waals surface area contributed by atoms with Crippen molar-refractivity contribution >= 4 is 17.4 Å². The molecular formula is C25H24N6OS. The number of para-hydroxylation sites is 1. The van der Waals surface area contributed by atoms with E-state index in [1.807, 2.05) is 42.6 Å². The summed E-state index contributed by atoms with van der Waals surface area (Å²) in [4.78, 5) is 23.1. The van der Waals surface area contributed by atoms with Gasteiger partial charge in [0, 0.05) is 30.4 Å². The quantitative estimate of drug-likeness (QED) is 0.294. The van der Waals surface area contributed by atoms with E-state index in [2.05, 4.69) is 33.3 Å². The zero-order chi connectivity index (χ0) is 22.4. The first-order valence-corrected chi connectivity index (χ1v) is 12.3. The molecule has 2 aromatic heterocycles. The number of benzene rings is 1. The first kappa shape index (κ1) is 20.2. The van der Waals surface area contributed by atoms with Gasteiger partial charge in [-0.25, -0.2) is 9.97 Å². The van der Waals surface area contributed by atoms with Crippen LogP contribution in [-0.2, 0) is 18.7 Å². The fourth-order valence-electron chi connectivity index (χ4n) is 4.62. The number of hydrogen-bond acceptors (Lipinski definition) is 5. The molecule has 0 radical (unpaired) electrons. The van der Waals surface area contributed by atoms with Crippen molar-refractivity contribution < 1.29 is 0 Å². The van der Waals surface area contributed by atoms with Crippen molar-refractivity contribution in [3.8, 4) is 17.1 Å². The van der Waals surface area contributed by atoms with Gasteiger partial charge in [0.2, 0.25) is 0 Å². The number of aryl methyl sites for hydroxylation is 1. The molecule has 8 heteroatoms. The zero-order valence-corrected chi connectivity index (χ0v) is 19.3. The Morgan fingerprint density at radius 2 is 1.91 bits per heavy atom. The molecule has 0 saturated heterocycles. The number of thioether (sulfide) groups is 1. The van der Waals surface area contributed by atoms with Gasteiger partial charge in [-0.05, 0) is 49.9 Å². The highest BCUT2D eigenvalue weighted by molar-refractivity contribution is 7.98. The lowest BCUT2D eigenvalue weighted by Gasteiger charge is -2.17. The number of imidazole rings is 1. The molecule has 0 saturated carbocycles. The van der Waals surface area contributed by atoms with Crippen LogP contribution in [0.1, 0.15) is 36.2 Å². The lowest BCUT2D eigenvalue weighted by atomic mass is 10.1. The first-order chi connectivity index (χ1) is 16.2. The van der Waals surface area contributed by atoms with Crippen molar-refractivity contribution in [3.63, 3.8) is 0 Å². The molecule has 0 amide bonds. The monoisotopic (exact) mass is 456 g/mol. The normalized spacial score (nSPS) is 14.0. The Morgan fingerprint density at radius 1 is 1.03 bits per heavy atom. The molecular weight excluding hydrogens is 432 g/mol. The number of aromatic nitrogens is 6. The molecule has 0 spiro atoms. The second-order valence-electron chi connectivity index (χ2n) is 8.50. The average Bonchev–Trinajstić information content (AvgIpc) is 3.30. The molecule has 0 bridgehead atoms. The third kappa shape index (κ3) is 3.54. The van der Waals surface area contributed by atoms with Crippen LogP contribution in [-0.4, -0.2) is 28.7 Å². The summed E-state index contributed by atoms with van der Waals surface area (Å²) in [5, 5.41) is 5.54. The van der Waals surface area contributed by atoms with Gasteiger partial charge in [-0.2, -0.15) is 4.68 Å². The predicted octanol–water partition coefficient (Wildman–Crippen LogP) is 4.51. The molecule has 3 aliphatic heterocycles. The lowest BCUT2D eigenvalue weighted by Crippen LogP contribution is -2.19. The second-order valence-corrected chi connectivity index (χ2v) is 9.44. The standard InChI is InChI=1S/C25H24N6OS/c1-17-9-8-13-29-15-18(26-23(17)29)16-33-25-27-22-21(20-12-6-3-7-14-30(20)25)24(32)31(28-22)19-10-4-2-5-11-19/h2,4-5,8-11,13,15H,3,6-7,12,14,16H2,1H3. The van der Waals surface area contributed by atoms with Gasteiger partial charge in [-0.3, -0.25) is 4.79 Å². The highest BCUT2D eigenvalue weighted by Crippen LogP contribution is 2.31. The summed E-state index contributed by atoms with van der Waals surface area (Å²) in [6.45, 7) is 2.95. The van der Waals surface area contributed by atoms with Crippen molar-refractivity contribution in [2.75, 3.05) is 0 Å². The van der Waals surface area contributed by atoms with Gasteiger partial charge in [0.25, 0.3) is 5.56 Å². The summed E-state index contributed by atoms with van der Waals surface area (Å²) >= 11 is 1.67. The Kier molecular flexibility index (Phi) is 5.02. The number of rotatable bonds is 4. The van der Waals surface area contributed by atoms with E-state index in [1.54, 1.807) is 11.8 Å². The van der Waals surface area contributed by atoms with Gasteiger partial charge < -0.3 is 8.97 Å². The Balaban J connectivity index is 1.43. The summed E-state index contributed by atoms with van der Waals surface area (Å²) in [6, 6.07) is 13.7. The maximum Gasteiger partial charge on any atom is 0.284 e. The number of hydrogen-bond donors (Lipinski definition) is 0. The average molecular weight is 457 g/mol. The summed E-state index contributed by atoms with van der Waals surface area (Å²) < 4.78 is 5.81. The minimum atomic E-state index is -0.0817. The molecule has 0 aliphatic carbocycles. The Hall–Kier alpha value is -3.39. The third-order valence-corrected chi connectivity index (χ3v) is 7.25. The third-order valence-electron chi connectivity index (χ3n) is 6.24. The van der Waals surface area contributed by atoms with E-state index in [0.717, 1.165) is 65.7 Å². The largest absolute Gasteiger partial charge is 0.324 e. The fraction of sp³-hybridized carbons (Fsp3) is 0.280. The zero-order valence-electron chi connectivity index (χ0n) is 18.4. The van der Waals surface area contributed by atoms with Gasteiger partial charge >= 0.3 is 0 Å². The summed E-state index contributed by atoms with van der Waals surface area (Å²) in [7, 11) is 0. The van der Waals surface area contributed by atoms with E-state index in [4.69, 9.17) is 9.97 Å². The Labute approximate surface area is 195 Å². The number of fused-ring (bicyclic) bond motifs is 4. The molecule has 3 aromatic rings. The van der Waals surface area contributed by atoms with E-state index in [9.17, 15) is 4.79 Å². The molecule has 6 rings (SSSR count). The molecule has 5 heterocycles. The number of pyridine rings is 1.